The second-order valence-corrected chi connectivity index (χ2v) is 26.2. The number of para-hydroxylation sites is 1. The van der Waals surface area contributed by atoms with Crippen LogP contribution in [0.25, 0.3) is 10.9 Å². The lowest BCUT2D eigenvalue weighted by Gasteiger charge is -2.29. The van der Waals surface area contributed by atoms with E-state index in [1.807, 2.05) is 18.2 Å². The van der Waals surface area contributed by atoms with Gasteiger partial charge in [0.1, 0.15) is 60.1 Å². The molecule has 34 heteroatoms. The smallest absolute Gasteiger partial charge is 0.245 e. The lowest BCUT2D eigenvalue weighted by Crippen LogP contribution is -2.62. The van der Waals surface area contributed by atoms with Crippen molar-refractivity contribution in [2.45, 2.75) is 197 Å². The summed E-state index contributed by atoms with van der Waals surface area (Å²) in [4.78, 5) is 183. The van der Waals surface area contributed by atoms with E-state index >= 15 is 0 Å². The number of nitrogens with zero attached hydrogens (tertiary/aromatic N) is 1. The third-order valence-corrected chi connectivity index (χ3v) is 16.9. The number of hydrogen-bond donors (Lipinski definition) is 20. The monoisotopic (exact) mass is 1450 g/mol. The van der Waals surface area contributed by atoms with E-state index in [-0.39, 0.29) is 102 Å². The maximum Gasteiger partial charge on any atom is 0.245 e. The summed E-state index contributed by atoms with van der Waals surface area (Å²) in [6.07, 6.45) is 0.111. The first-order valence-corrected chi connectivity index (χ1v) is 34.7. The Morgan fingerprint density at radius 1 is 0.462 bits per heavy atom. The summed E-state index contributed by atoms with van der Waals surface area (Å²) in [6, 6.07) is 7.89. The number of guanidine groups is 1. The van der Waals surface area contributed by atoms with Gasteiger partial charge in [0, 0.05) is 68.7 Å². The van der Waals surface area contributed by atoms with E-state index in [0.717, 1.165) is 10.9 Å². The number of amides is 13. The average molecular weight is 1450 g/mol. The van der Waals surface area contributed by atoms with Gasteiger partial charge < -0.3 is 109 Å². The Morgan fingerprint density at radius 2 is 0.942 bits per heavy atom. The molecule has 1 aromatic heterocycles. The Hall–Kier alpha value is -10.7. The molecule has 0 aliphatic rings. The van der Waals surface area contributed by atoms with Gasteiger partial charge >= 0.3 is 0 Å². The molecule has 0 unspecified atom stereocenters. The molecule has 104 heavy (non-hydrogen) atoms. The molecule has 11 atom stereocenters. The number of nitrogens with two attached hydrogens (primary N) is 7. The summed E-state index contributed by atoms with van der Waals surface area (Å²) in [5.41, 5.74) is 41.5. The molecular weight excluding hydrogens is 1350 g/mol. The molecule has 1 heterocycles. The maximum absolute atomic E-state index is 14.5. The average Bonchev–Trinajstić information content (AvgIpc) is 1.73. The van der Waals surface area contributed by atoms with Crippen LogP contribution in [-0.4, -0.2) is 184 Å². The molecule has 570 valence electrons. The Balaban J connectivity index is 1.47. The summed E-state index contributed by atoms with van der Waals surface area (Å²) in [5, 5.41) is 48.1. The van der Waals surface area contributed by atoms with Crippen molar-refractivity contribution in [1.29, 1.82) is 0 Å². The highest BCUT2D eigenvalue weighted by Crippen LogP contribution is 2.21. The molecule has 0 bridgehead atoms. The maximum atomic E-state index is 14.5. The molecule has 0 saturated carbocycles. The highest BCUT2D eigenvalue weighted by Gasteiger charge is 2.37. The van der Waals surface area contributed by atoms with Crippen molar-refractivity contribution in [1.82, 2.24) is 58.2 Å². The van der Waals surface area contributed by atoms with Gasteiger partial charge in [0.15, 0.2) is 5.96 Å². The van der Waals surface area contributed by atoms with Gasteiger partial charge in [-0.2, -0.15) is 0 Å². The number of nitrogens with one attached hydrogen (secondary N) is 11. The quantitative estimate of drug-likeness (QED) is 0.0117. The first-order chi connectivity index (χ1) is 49.3. The lowest BCUT2D eigenvalue weighted by molar-refractivity contribution is -0.137. The topological polar surface area (TPSA) is 593 Å². The van der Waals surface area contributed by atoms with Crippen LogP contribution in [0.3, 0.4) is 0 Å². The van der Waals surface area contributed by atoms with E-state index in [0.29, 0.717) is 36.0 Å². The zero-order valence-corrected chi connectivity index (χ0v) is 59.5. The Morgan fingerprint density at radius 3 is 1.51 bits per heavy atom. The van der Waals surface area contributed by atoms with E-state index < -0.39 is 162 Å². The van der Waals surface area contributed by atoms with Crippen LogP contribution in [0.4, 0.5) is 0 Å². The number of unbranched alkanes of at least 4 members (excludes halogenated alkanes) is 2. The number of aromatic nitrogens is 1. The van der Waals surface area contributed by atoms with Gasteiger partial charge in [-0.15, -0.1) is 0 Å². The van der Waals surface area contributed by atoms with Crippen LogP contribution >= 0.6 is 0 Å². The van der Waals surface area contributed by atoms with Crippen LogP contribution in [0, 0.1) is 11.8 Å². The number of aromatic hydroxyl groups is 1. The number of benzene rings is 3. The van der Waals surface area contributed by atoms with E-state index in [2.05, 4.69) is 63.1 Å². The minimum atomic E-state index is -1.70. The van der Waals surface area contributed by atoms with Gasteiger partial charge in [0.05, 0.1) is 12.1 Å². The SMILES string of the molecule is CC(C)[C@H](NC(=O)[C@H](Cc1ccc(O)cc1)NC(=O)[C@H](CCC(N)=O)NC(=O)[C@H](Cc1c[nH]c2ccccc12)NC(=O)[C@@H](N)CCCN=C(N)N)C(=O)NCCCCC(=O)N[C@@H](CCCCN)C(=O)N[C@@H](Cc1ccccc1)C(=O)N[C@H](C(=O)N[C@H](C(=O)N[C@@H](CCC(N)=O)C(N)=O)C(C)C)[C@@H](C)O. The van der Waals surface area contributed by atoms with Crippen molar-refractivity contribution in [2.75, 3.05) is 19.6 Å². The summed E-state index contributed by atoms with van der Waals surface area (Å²) in [5.74, 6) is -12.0. The molecular formula is C70H105N19O15. The van der Waals surface area contributed by atoms with Gasteiger partial charge in [-0.05, 0) is 118 Å². The highest BCUT2D eigenvalue weighted by molar-refractivity contribution is 5.99. The third-order valence-electron chi connectivity index (χ3n) is 16.9. The van der Waals surface area contributed by atoms with Crippen LogP contribution in [0.15, 0.2) is 90.1 Å². The zero-order chi connectivity index (χ0) is 77.2. The standard InChI is InChI=1S/C70H105N19O15/c1-38(2)57(87-65(100)52(35-42-23-25-44(91)26-24-42)86-63(98)50(28-30-55(74)93)83-64(99)53(36-43-37-80-47-20-10-9-18-45(43)47)84-61(96)46(72)19-15-33-79-70(76)77)67(102)78-32-14-12-22-56(94)81-49(21-11-13-31-71)62(97)85-51(34-41-16-7-6-8-17-41)66(101)89-59(40(5)90)69(104)88-58(39(3)4)68(103)82-48(60(75)95)27-29-54(73)92/h6-10,16-18,20,23-26,37-40,46,48-53,57-59,80,90-91H,11-15,19,21-22,27-36,71-72H2,1-5H3,(H2,73,92)(H2,74,93)(H2,75,95)(H,78,102)(H,81,94)(H,82,103)(H,83,99)(H,84,96)(H,85,97)(H,86,98)(H,87,100)(H,88,104)(H,89,101)(H4,76,77,79)/t40-,46+,48+,49+,50+,51+,52+,53+,57+,58+,59+/m1/s1. The van der Waals surface area contributed by atoms with Crippen LogP contribution in [-0.2, 0) is 81.6 Å². The molecule has 0 saturated heterocycles. The number of rotatable bonds is 47. The molecule has 0 spiro atoms. The summed E-state index contributed by atoms with van der Waals surface area (Å²) in [7, 11) is 0. The number of carbonyl (C=O) groups is 13. The number of hydrogen-bond acceptors (Lipinski definition) is 18. The van der Waals surface area contributed by atoms with E-state index in [9.17, 15) is 72.5 Å². The number of H-pyrrole nitrogens is 1. The lowest BCUT2D eigenvalue weighted by atomic mass is 10.00. The number of phenols is 1. The normalized spacial score (nSPS) is 14.4. The number of aliphatic hydroxyl groups is 1. The number of fused-ring (bicyclic) bond motifs is 1. The van der Waals surface area contributed by atoms with Crippen molar-refractivity contribution < 1.29 is 72.5 Å². The molecule has 4 aromatic rings. The summed E-state index contributed by atoms with van der Waals surface area (Å²) < 4.78 is 0. The molecule has 0 radical (unpaired) electrons. The largest absolute Gasteiger partial charge is 0.508 e. The number of aliphatic imine (C=N–C) groups is 1. The zero-order valence-electron chi connectivity index (χ0n) is 59.5. The van der Waals surface area contributed by atoms with Gasteiger partial charge in [0.2, 0.25) is 76.8 Å². The number of carbonyl (C=O) groups excluding carboxylic acids is 13. The van der Waals surface area contributed by atoms with Crippen molar-refractivity contribution in [3.05, 3.63) is 102 Å². The fraction of sp³-hybridized carbons (Fsp3) is 0.514. The fourth-order valence-electron chi connectivity index (χ4n) is 11.0. The van der Waals surface area contributed by atoms with Crippen LogP contribution < -0.4 is 93.3 Å². The van der Waals surface area contributed by atoms with Gasteiger partial charge in [0.25, 0.3) is 0 Å². The Labute approximate surface area is 603 Å². The minimum absolute atomic E-state index is 0.00882. The van der Waals surface area contributed by atoms with Crippen molar-refractivity contribution in [3.8, 4) is 5.75 Å². The number of aromatic amines is 1. The second-order valence-electron chi connectivity index (χ2n) is 26.2. The predicted octanol–water partition coefficient (Wildman–Crippen LogP) is -3.23. The molecule has 0 aliphatic carbocycles. The summed E-state index contributed by atoms with van der Waals surface area (Å²) in [6.45, 7) is 8.18. The molecule has 34 nitrogen and oxygen atoms in total. The number of primary amides is 3. The van der Waals surface area contributed by atoms with Crippen LogP contribution in [0.2, 0.25) is 0 Å². The van der Waals surface area contributed by atoms with Crippen LogP contribution in [0.1, 0.15) is 128 Å². The van der Waals surface area contributed by atoms with Gasteiger partial charge in [-0.25, -0.2) is 0 Å². The fourth-order valence-corrected chi connectivity index (χ4v) is 11.0. The van der Waals surface area contributed by atoms with E-state index in [4.69, 9.17) is 40.1 Å². The van der Waals surface area contributed by atoms with Gasteiger partial charge in [-0.1, -0.05) is 88.4 Å². The second kappa shape index (κ2) is 43.9. The molecule has 4 rings (SSSR count). The Bertz CT molecular complexity index is 3570. The molecule has 3 aromatic carbocycles. The molecule has 27 N–H and O–H groups in total. The first-order valence-electron chi connectivity index (χ1n) is 34.7. The van der Waals surface area contributed by atoms with E-state index in [1.54, 1.807) is 70.3 Å². The Kier molecular flexibility index (Phi) is 36.2. The molecule has 0 aliphatic heterocycles. The minimum Gasteiger partial charge on any atom is -0.508 e. The highest BCUT2D eigenvalue weighted by atomic mass is 16.3. The van der Waals surface area contributed by atoms with Crippen molar-refractivity contribution in [2.24, 2.45) is 57.0 Å². The number of phenolic OH excluding ortho intramolecular Hbond substituents is 1. The van der Waals surface area contributed by atoms with Crippen molar-refractivity contribution in [3.63, 3.8) is 0 Å². The predicted molar refractivity (Wildman–Crippen MR) is 386 cm³/mol. The molecule has 0 fully saturated rings. The third kappa shape index (κ3) is 30.1. The summed E-state index contributed by atoms with van der Waals surface area (Å²) >= 11 is 0. The molecule has 13 amide bonds. The van der Waals surface area contributed by atoms with Crippen molar-refractivity contribution >= 4 is 93.7 Å². The van der Waals surface area contributed by atoms with E-state index in [1.165, 1.54) is 31.2 Å². The van der Waals surface area contributed by atoms with Gasteiger partial charge in [-0.3, -0.25) is 67.3 Å². The van der Waals surface area contributed by atoms with Crippen LogP contribution in [0.5, 0.6) is 5.75 Å². The first kappa shape index (κ1) is 85.7. The number of aliphatic hydroxyl groups excluding tert-OH is 1.